The number of pyridine rings is 1. The third-order valence-corrected chi connectivity index (χ3v) is 6.05. The van der Waals surface area contributed by atoms with Crippen LogP contribution in [-0.4, -0.2) is 35.2 Å². The molecule has 0 bridgehead atoms. The van der Waals surface area contributed by atoms with Crippen molar-refractivity contribution in [2.45, 2.75) is 90.3 Å². The van der Waals surface area contributed by atoms with E-state index in [9.17, 15) is 9.59 Å². The van der Waals surface area contributed by atoms with Crippen LogP contribution in [0, 0.1) is 0 Å². The summed E-state index contributed by atoms with van der Waals surface area (Å²) in [4.78, 5) is 26.3. The summed E-state index contributed by atoms with van der Waals surface area (Å²) in [6.45, 7) is 7.48. The van der Waals surface area contributed by atoms with E-state index in [1.165, 1.54) is 11.1 Å². The highest BCUT2D eigenvalue weighted by Crippen LogP contribution is 2.12. The van der Waals surface area contributed by atoms with Crippen LogP contribution in [0.4, 0.5) is 4.79 Å². The number of aryl methyl sites for hydroxylation is 2. The van der Waals surface area contributed by atoms with E-state index >= 15 is 0 Å². The van der Waals surface area contributed by atoms with Crippen LogP contribution in [0.15, 0.2) is 85.2 Å². The van der Waals surface area contributed by atoms with E-state index in [0.717, 1.165) is 56.9 Å². The second-order valence-electron chi connectivity index (χ2n) is 10.8. The van der Waals surface area contributed by atoms with Gasteiger partial charge in [-0.05, 0) is 95.4 Å². The zero-order valence-electron chi connectivity index (χ0n) is 23.9. The van der Waals surface area contributed by atoms with Crippen LogP contribution in [0.5, 0.6) is 0 Å². The van der Waals surface area contributed by atoms with Crippen LogP contribution in [0.25, 0.3) is 0 Å². The molecule has 0 aliphatic carbocycles. The van der Waals surface area contributed by atoms with Gasteiger partial charge in [0, 0.05) is 24.5 Å². The number of hydrogen-bond donors (Lipinski definition) is 2. The maximum absolute atomic E-state index is 11.5. The quantitative estimate of drug-likeness (QED) is 0.241. The number of hydrogen-bond acceptors (Lipinski definition) is 4. The molecule has 0 saturated carbocycles. The number of rotatable bonds is 13. The Morgan fingerprint density at radius 3 is 1.87 bits per heavy atom. The zero-order valence-corrected chi connectivity index (χ0v) is 23.9. The highest BCUT2D eigenvalue weighted by molar-refractivity contribution is 5.68. The van der Waals surface area contributed by atoms with Crippen LogP contribution in [0.2, 0.25) is 0 Å². The number of aromatic nitrogens is 1. The number of alkyl carbamates (subject to hydrolysis) is 1. The second-order valence-corrected chi connectivity index (χ2v) is 10.8. The van der Waals surface area contributed by atoms with E-state index in [2.05, 4.69) is 64.1 Å². The lowest BCUT2D eigenvalue weighted by Crippen LogP contribution is -2.38. The van der Waals surface area contributed by atoms with E-state index in [0.29, 0.717) is 6.04 Å². The molecule has 0 aliphatic heterocycles. The summed E-state index contributed by atoms with van der Waals surface area (Å²) < 4.78 is 5.18. The third-order valence-electron chi connectivity index (χ3n) is 6.05. The first-order valence-corrected chi connectivity index (χ1v) is 13.9. The van der Waals surface area contributed by atoms with Crippen molar-refractivity contribution in [3.05, 3.63) is 102 Å². The fourth-order valence-electron chi connectivity index (χ4n) is 4.23. The van der Waals surface area contributed by atoms with Gasteiger partial charge in [-0.25, -0.2) is 4.79 Å². The number of nitrogens with zero attached hydrogens (tertiary/aromatic N) is 1. The van der Waals surface area contributed by atoms with Gasteiger partial charge < -0.3 is 15.4 Å². The van der Waals surface area contributed by atoms with Crippen LogP contribution in [0.1, 0.15) is 70.1 Å². The van der Waals surface area contributed by atoms with Crippen molar-refractivity contribution in [1.82, 2.24) is 15.6 Å². The van der Waals surface area contributed by atoms with Gasteiger partial charge in [-0.1, -0.05) is 66.7 Å². The molecule has 1 heterocycles. The maximum Gasteiger partial charge on any atom is 0.407 e. The van der Waals surface area contributed by atoms with Crippen LogP contribution in [0.3, 0.4) is 0 Å². The summed E-state index contributed by atoms with van der Waals surface area (Å²) in [6, 6.07) is 25.3. The Balaban J connectivity index is 0.000000283. The first-order chi connectivity index (χ1) is 18.7. The minimum atomic E-state index is -0.460. The van der Waals surface area contributed by atoms with Crippen LogP contribution in [-0.2, 0) is 28.8 Å². The Hall–Kier alpha value is -3.67. The molecule has 0 aliphatic rings. The number of nitrogens with one attached hydrogen (secondary N) is 2. The average molecular weight is 532 g/mol. The fraction of sp³-hybridized carbons (Fsp3) is 0.424. The molecule has 6 nitrogen and oxygen atoms in total. The van der Waals surface area contributed by atoms with Crippen molar-refractivity contribution in [2.75, 3.05) is 0 Å². The van der Waals surface area contributed by atoms with Crippen molar-refractivity contribution < 1.29 is 14.3 Å². The molecule has 1 unspecified atom stereocenters. The minimum absolute atomic E-state index is 0.0223. The molecular formula is C33H45N3O3. The second kappa shape index (κ2) is 17.8. The molecule has 3 aromatic rings. The first kappa shape index (κ1) is 31.5. The highest BCUT2D eigenvalue weighted by Gasteiger charge is 2.17. The predicted octanol–water partition coefficient (Wildman–Crippen LogP) is 6.68. The fourth-order valence-corrected chi connectivity index (χ4v) is 4.23. The Morgan fingerprint density at radius 1 is 0.872 bits per heavy atom. The molecule has 2 N–H and O–H groups in total. The molecule has 0 radical (unpaired) electrons. The molecule has 1 atom stereocenters. The van der Waals surface area contributed by atoms with Crippen molar-refractivity contribution >= 4 is 12.5 Å². The lowest BCUT2D eigenvalue weighted by molar-refractivity contribution is -0.110. The van der Waals surface area contributed by atoms with Gasteiger partial charge >= 0.3 is 6.09 Å². The summed E-state index contributed by atoms with van der Waals surface area (Å²) >= 11 is 0. The van der Waals surface area contributed by atoms with Crippen molar-refractivity contribution in [3.8, 4) is 0 Å². The maximum atomic E-state index is 11.5. The van der Waals surface area contributed by atoms with Gasteiger partial charge in [0.05, 0.1) is 0 Å². The van der Waals surface area contributed by atoms with E-state index < -0.39 is 5.60 Å². The van der Waals surface area contributed by atoms with Crippen molar-refractivity contribution in [3.63, 3.8) is 0 Å². The largest absolute Gasteiger partial charge is 0.444 e. The van der Waals surface area contributed by atoms with Gasteiger partial charge in [0.15, 0.2) is 0 Å². The zero-order chi connectivity index (χ0) is 28.3. The number of ether oxygens (including phenoxy) is 1. The van der Waals surface area contributed by atoms with E-state index in [4.69, 9.17) is 4.74 Å². The van der Waals surface area contributed by atoms with E-state index in [1.807, 2.05) is 52.0 Å². The minimum Gasteiger partial charge on any atom is -0.444 e. The molecule has 2 amide bonds. The molecule has 210 valence electrons. The van der Waals surface area contributed by atoms with Crippen molar-refractivity contribution in [2.24, 2.45) is 0 Å². The molecule has 3 rings (SSSR count). The van der Waals surface area contributed by atoms with Gasteiger partial charge in [-0.2, -0.15) is 0 Å². The lowest BCUT2D eigenvalue weighted by Gasteiger charge is -2.21. The SMILES string of the molecule is CC(Cc1cccnc1)NC(=O)OC(C)(C)C.O=CNC(CCCc1ccccc1)CCCc1ccccc1. The van der Waals surface area contributed by atoms with Gasteiger partial charge in [0.1, 0.15) is 5.60 Å². The number of benzene rings is 2. The Morgan fingerprint density at radius 2 is 1.41 bits per heavy atom. The van der Waals surface area contributed by atoms with E-state index in [-0.39, 0.29) is 12.1 Å². The Kier molecular flexibility index (Phi) is 14.4. The number of carbonyl (C=O) groups is 2. The monoisotopic (exact) mass is 531 g/mol. The smallest absolute Gasteiger partial charge is 0.407 e. The van der Waals surface area contributed by atoms with E-state index in [1.54, 1.807) is 12.4 Å². The van der Waals surface area contributed by atoms with Gasteiger partial charge in [-0.15, -0.1) is 0 Å². The topological polar surface area (TPSA) is 80.3 Å². The molecule has 1 aromatic heterocycles. The molecule has 39 heavy (non-hydrogen) atoms. The normalized spacial score (nSPS) is 11.6. The molecule has 0 spiro atoms. The first-order valence-electron chi connectivity index (χ1n) is 13.9. The number of amides is 2. The average Bonchev–Trinajstić information content (AvgIpc) is 2.90. The van der Waals surface area contributed by atoms with Gasteiger partial charge in [0.25, 0.3) is 0 Å². The van der Waals surface area contributed by atoms with Crippen LogP contribution >= 0.6 is 0 Å². The summed E-state index contributed by atoms with van der Waals surface area (Å²) in [5.41, 5.74) is 3.38. The third kappa shape index (κ3) is 15.4. The molecular weight excluding hydrogens is 486 g/mol. The predicted molar refractivity (Wildman–Crippen MR) is 159 cm³/mol. The Labute approximate surface area is 234 Å². The molecule has 0 fully saturated rings. The Bertz CT molecular complexity index is 1010. The summed E-state index contributed by atoms with van der Waals surface area (Å²) in [5.74, 6) is 0. The highest BCUT2D eigenvalue weighted by atomic mass is 16.6. The summed E-state index contributed by atoms with van der Waals surface area (Å²) in [7, 11) is 0. The van der Waals surface area contributed by atoms with Crippen molar-refractivity contribution in [1.29, 1.82) is 0 Å². The van der Waals surface area contributed by atoms with Crippen LogP contribution < -0.4 is 10.6 Å². The van der Waals surface area contributed by atoms with Gasteiger partial charge in [0.2, 0.25) is 6.41 Å². The molecule has 0 saturated heterocycles. The molecule has 2 aromatic carbocycles. The molecule has 6 heteroatoms. The lowest BCUT2D eigenvalue weighted by atomic mass is 9.99. The number of carbonyl (C=O) groups excluding carboxylic acids is 2. The summed E-state index contributed by atoms with van der Waals surface area (Å²) in [6.07, 6.45) is 11.2. The standard InChI is InChI=1S/C20H25NO.C13H20N2O2/c22-17-21-20(15-7-13-18-9-3-1-4-10-18)16-8-14-19-11-5-2-6-12-19;1-10(8-11-6-5-7-14-9-11)15-12(16)17-13(2,3)4/h1-6,9-12,17,20H,7-8,13-16H2,(H,21,22);5-7,9-10H,8H2,1-4H3,(H,15,16). The van der Waals surface area contributed by atoms with Gasteiger partial charge in [-0.3, -0.25) is 9.78 Å². The summed E-state index contributed by atoms with van der Waals surface area (Å²) in [5, 5.41) is 5.77.